The summed E-state index contributed by atoms with van der Waals surface area (Å²) >= 11 is 4.94. The van der Waals surface area contributed by atoms with Gasteiger partial charge < -0.3 is 5.73 Å². The van der Waals surface area contributed by atoms with Crippen LogP contribution < -0.4 is 5.73 Å². The summed E-state index contributed by atoms with van der Waals surface area (Å²) in [7, 11) is 0. The summed E-state index contributed by atoms with van der Waals surface area (Å²) in [5.74, 6) is 0.215. The van der Waals surface area contributed by atoms with Gasteiger partial charge in [0, 0.05) is 17.7 Å². The van der Waals surface area contributed by atoms with E-state index < -0.39 is 0 Å². The zero-order chi connectivity index (χ0) is 8.97. The highest BCUT2D eigenvalue weighted by Crippen LogP contribution is 2.22. The number of rotatable bonds is 4. The highest BCUT2D eigenvalue weighted by atomic mass is 79.9. The first-order chi connectivity index (χ1) is 5.72. The molecular formula is C8H10BrNOS. The molecule has 0 atom stereocenters. The van der Waals surface area contributed by atoms with Crippen molar-refractivity contribution in [3.05, 3.63) is 20.8 Å². The van der Waals surface area contributed by atoms with Crippen LogP contribution in [0.1, 0.15) is 11.3 Å². The molecule has 0 bridgehead atoms. The standard InChI is InChI=1S/C8H10BrNOS/c9-8-2-1-7(12-8)5-6(11)3-4-10/h1-2H,3-5,10H2. The van der Waals surface area contributed by atoms with Crippen molar-refractivity contribution in [2.24, 2.45) is 5.73 Å². The summed E-state index contributed by atoms with van der Waals surface area (Å²) in [6.45, 7) is 0.450. The smallest absolute Gasteiger partial charge is 0.139 e. The van der Waals surface area contributed by atoms with Gasteiger partial charge in [0.1, 0.15) is 5.78 Å². The van der Waals surface area contributed by atoms with Crippen molar-refractivity contribution in [1.82, 2.24) is 0 Å². The van der Waals surface area contributed by atoms with Gasteiger partial charge in [-0.3, -0.25) is 4.79 Å². The fraction of sp³-hybridized carbons (Fsp3) is 0.375. The van der Waals surface area contributed by atoms with Gasteiger partial charge in [-0.2, -0.15) is 0 Å². The highest BCUT2D eigenvalue weighted by molar-refractivity contribution is 9.11. The number of Topliss-reactive ketones (excluding diaryl/α,β-unsaturated/α-hetero) is 1. The molecule has 0 aliphatic carbocycles. The Hall–Kier alpha value is -0.190. The van der Waals surface area contributed by atoms with Gasteiger partial charge in [-0.05, 0) is 34.6 Å². The van der Waals surface area contributed by atoms with E-state index in [-0.39, 0.29) is 5.78 Å². The minimum absolute atomic E-state index is 0.215. The number of carbonyl (C=O) groups excluding carboxylic acids is 1. The molecule has 4 heteroatoms. The molecule has 0 radical (unpaired) electrons. The Bertz CT molecular complexity index is 272. The Balaban J connectivity index is 2.46. The van der Waals surface area contributed by atoms with Crippen molar-refractivity contribution in [2.45, 2.75) is 12.8 Å². The van der Waals surface area contributed by atoms with E-state index in [0.717, 1.165) is 8.66 Å². The van der Waals surface area contributed by atoms with Gasteiger partial charge in [0.15, 0.2) is 0 Å². The number of nitrogens with two attached hydrogens (primary N) is 1. The van der Waals surface area contributed by atoms with Crippen LogP contribution in [-0.4, -0.2) is 12.3 Å². The summed E-state index contributed by atoms with van der Waals surface area (Å²) < 4.78 is 1.07. The lowest BCUT2D eigenvalue weighted by Crippen LogP contribution is -2.09. The molecule has 0 aliphatic heterocycles. The Morgan fingerprint density at radius 2 is 2.33 bits per heavy atom. The van der Waals surface area contributed by atoms with Crippen molar-refractivity contribution in [1.29, 1.82) is 0 Å². The number of hydrogen-bond donors (Lipinski definition) is 1. The molecule has 1 rings (SSSR count). The van der Waals surface area contributed by atoms with Gasteiger partial charge >= 0.3 is 0 Å². The van der Waals surface area contributed by atoms with E-state index in [9.17, 15) is 4.79 Å². The van der Waals surface area contributed by atoms with Gasteiger partial charge in [0.25, 0.3) is 0 Å². The summed E-state index contributed by atoms with van der Waals surface area (Å²) in [5, 5.41) is 0. The van der Waals surface area contributed by atoms with Crippen molar-refractivity contribution >= 4 is 33.0 Å². The van der Waals surface area contributed by atoms with E-state index in [1.54, 1.807) is 11.3 Å². The SMILES string of the molecule is NCCC(=O)Cc1ccc(Br)s1. The second-order valence-electron chi connectivity index (χ2n) is 2.46. The molecule has 0 amide bonds. The topological polar surface area (TPSA) is 43.1 Å². The second kappa shape index (κ2) is 4.74. The molecule has 0 saturated heterocycles. The molecule has 0 aromatic carbocycles. The zero-order valence-electron chi connectivity index (χ0n) is 6.55. The van der Waals surface area contributed by atoms with Gasteiger partial charge in [-0.1, -0.05) is 0 Å². The number of hydrogen-bond acceptors (Lipinski definition) is 3. The maximum atomic E-state index is 11.1. The van der Waals surface area contributed by atoms with Crippen LogP contribution in [0.4, 0.5) is 0 Å². The number of thiophene rings is 1. The first kappa shape index (κ1) is 9.89. The summed E-state index contributed by atoms with van der Waals surface area (Å²) in [5.41, 5.74) is 5.26. The first-order valence-corrected chi connectivity index (χ1v) is 5.29. The molecule has 0 aliphatic rings. The van der Waals surface area contributed by atoms with Crippen LogP contribution in [0.2, 0.25) is 0 Å². The summed E-state index contributed by atoms with van der Waals surface area (Å²) in [6, 6.07) is 3.92. The number of halogens is 1. The van der Waals surface area contributed by atoms with E-state index in [1.807, 2.05) is 12.1 Å². The van der Waals surface area contributed by atoms with Crippen molar-refractivity contribution in [3.8, 4) is 0 Å². The molecule has 1 heterocycles. The third-order valence-corrected chi connectivity index (χ3v) is 3.05. The van der Waals surface area contributed by atoms with E-state index in [0.29, 0.717) is 19.4 Å². The van der Waals surface area contributed by atoms with E-state index in [4.69, 9.17) is 5.73 Å². The molecule has 12 heavy (non-hydrogen) atoms. The normalized spacial score (nSPS) is 10.2. The predicted octanol–water partition coefficient (Wildman–Crippen LogP) is 1.97. The molecule has 1 aromatic rings. The second-order valence-corrected chi connectivity index (χ2v) is 5.01. The highest BCUT2D eigenvalue weighted by Gasteiger charge is 2.04. The molecule has 0 saturated carbocycles. The fourth-order valence-electron chi connectivity index (χ4n) is 0.890. The first-order valence-electron chi connectivity index (χ1n) is 3.68. The lowest BCUT2D eigenvalue weighted by atomic mass is 10.2. The van der Waals surface area contributed by atoms with Crippen molar-refractivity contribution in [2.75, 3.05) is 6.54 Å². The molecule has 1 aromatic heterocycles. The van der Waals surface area contributed by atoms with Crippen LogP contribution in [-0.2, 0) is 11.2 Å². The van der Waals surface area contributed by atoms with Crippen LogP contribution >= 0.6 is 27.3 Å². The summed E-state index contributed by atoms with van der Waals surface area (Å²) in [4.78, 5) is 12.2. The largest absolute Gasteiger partial charge is 0.330 e. The minimum atomic E-state index is 0.215. The average molecular weight is 248 g/mol. The third-order valence-electron chi connectivity index (χ3n) is 1.42. The van der Waals surface area contributed by atoms with Gasteiger partial charge in [0.2, 0.25) is 0 Å². The molecule has 2 nitrogen and oxygen atoms in total. The number of carbonyl (C=O) groups is 1. The molecule has 0 fully saturated rings. The lowest BCUT2D eigenvalue weighted by molar-refractivity contribution is -0.118. The van der Waals surface area contributed by atoms with E-state index in [2.05, 4.69) is 15.9 Å². The maximum absolute atomic E-state index is 11.1. The monoisotopic (exact) mass is 247 g/mol. The van der Waals surface area contributed by atoms with Crippen LogP contribution in [0.5, 0.6) is 0 Å². The summed E-state index contributed by atoms with van der Waals surface area (Å²) in [6.07, 6.45) is 1.00. The molecule has 66 valence electrons. The molecule has 0 unspecified atom stereocenters. The Morgan fingerprint density at radius 3 is 2.83 bits per heavy atom. The van der Waals surface area contributed by atoms with E-state index in [1.165, 1.54) is 0 Å². The maximum Gasteiger partial charge on any atom is 0.139 e. The zero-order valence-corrected chi connectivity index (χ0v) is 8.95. The van der Waals surface area contributed by atoms with Gasteiger partial charge in [-0.25, -0.2) is 0 Å². The van der Waals surface area contributed by atoms with Gasteiger partial charge in [0.05, 0.1) is 3.79 Å². The van der Waals surface area contributed by atoms with E-state index >= 15 is 0 Å². The van der Waals surface area contributed by atoms with Crippen LogP contribution in [0.25, 0.3) is 0 Å². The van der Waals surface area contributed by atoms with Crippen LogP contribution in [0.15, 0.2) is 15.9 Å². The molecular weight excluding hydrogens is 238 g/mol. The Morgan fingerprint density at radius 1 is 1.58 bits per heavy atom. The Labute approximate surface area is 83.9 Å². The minimum Gasteiger partial charge on any atom is -0.330 e. The fourth-order valence-corrected chi connectivity index (χ4v) is 2.40. The predicted molar refractivity (Wildman–Crippen MR) is 54.4 cm³/mol. The van der Waals surface area contributed by atoms with Crippen LogP contribution in [0.3, 0.4) is 0 Å². The lowest BCUT2D eigenvalue weighted by Gasteiger charge is -1.94. The molecule has 2 N–H and O–H groups in total. The van der Waals surface area contributed by atoms with Crippen LogP contribution in [0, 0.1) is 0 Å². The Kier molecular flexibility index (Phi) is 3.91. The number of ketones is 1. The van der Waals surface area contributed by atoms with Crippen molar-refractivity contribution < 1.29 is 4.79 Å². The van der Waals surface area contributed by atoms with Gasteiger partial charge in [-0.15, -0.1) is 11.3 Å². The quantitative estimate of drug-likeness (QED) is 0.885. The van der Waals surface area contributed by atoms with Crippen molar-refractivity contribution in [3.63, 3.8) is 0 Å². The third kappa shape index (κ3) is 3.05. The molecule has 0 spiro atoms. The average Bonchev–Trinajstić information content (AvgIpc) is 2.36.